The minimum Gasteiger partial charge on any atom is -0.493 e. The maximum atomic E-state index is 14.4. The van der Waals surface area contributed by atoms with Gasteiger partial charge in [-0.25, -0.2) is 0 Å². The predicted molar refractivity (Wildman–Crippen MR) is 133 cm³/mol. The second-order valence-electron chi connectivity index (χ2n) is 8.38. The van der Waals surface area contributed by atoms with Gasteiger partial charge in [0.1, 0.15) is 23.6 Å². The van der Waals surface area contributed by atoms with Crippen LogP contribution in [-0.4, -0.2) is 57.1 Å². The van der Waals surface area contributed by atoms with Crippen molar-refractivity contribution in [3.8, 4) is 40.5 Å². The van der Waals surface area contributed by atoms with Crippen molar-refractivity contribution in [1.82, 2.24) is 10.2 Å². The summed E-state index contributed by atoms with van der Waals surface area (Å²) in [5, 5.41) is 17.5. The van der Waals surface area contributed by atoms with Crippen molar-refractivity contribution >= 4 is 17.6 Å². The van der Waals surface area contributed by atoms with E-state index in [1.807, 2.05) is 0 Å². The van der Waals surface area contributed by atoms with E-state index in [1.54, 1.807) is 36.4 Å². The van der Waals surface area contributed by atoms with Crippen LogP contribution in [0.2, 0.25) is 0 Å². The number of benzene rings is 2. The molecule has 2 aromatic carbocycles. The highest BCUT2D eigenvalue weighted by molar-refractivity contribution is 6.16. The van der Waals surface area contributed by atoms with Gasteiger partial charge in [0, 0.05) is 16.8 Å². The molecular formula is C26H23N5O7. The molecule has 0 aliphatic carbocycles. The van der Waals surface area contributed by atoms with E-state index in [2.05, 4.69) is 16.3 Å². The zero-order valence-corrected chi connectivity index (χ0v) is 20.9. The van der Waals surface area contributed by atoms with Crippen LogP contribution in [0.4, 0.5) is 5.69 Å². The van der Waals surface area contributed by atoms with Crippen LogP contribution in [0.15, 0.2) is 47.9 Å². The zero-order valence-electron chi connectivity index (χ0n) is 20.9. The molecule has 0 fully saturated rings. The number of nitriles is 1. The number of nitrogens with two attached hydrogens (primary N) is 1. The monoisotopic (exact) mass is 517 g/mol. The number of carbonyl (C=O) groups is 2. The minimum absolute atomic E-state index is 0.00771. The number of hydrogen-bond donors (Lipinski definition) is 2. The number of nitrogens with one attached hydrogen (secondary N) is 1. The van der Waals surface area contributed by atoms with E-state index in [-0.39, 0.29) is 29.4 Å². The van der Waals surface area contributed by atoms with E-state index in [1.165, 1.54) is 33.3 Å². The second-order valence-corrected chi connectivity index (χ2v) is 8.38. The van der Waals surface area contributed by atoms with Crippen LogP contribution in [0, 0.1) is 11.3 Å². The molecule has 194 valence electrons. The number of H-pyrrole nitrogens is 1. The molecular weight excluding hydrogens is 494 g/mol. The summed E-state index contributed by atoms with van der Waals surface area (Å²) < 4.78 is 27.0. The number of aromatic amines is 1. The number of rotatable bonds is 6. The molecule has 5 rings (SSSR count). The molecule has 3 aromatic rings. The highest BCUT2D eigenvalue weighted by Crippen LogP contribution is 2.57. The number of anilines is 1. The summed E-state index contributed by atoms with van der Waals surface area (Å²) in [4.78, 5) is 28.0. The molecule has 1 aromatic heterocycles. The van der Waals surface area contributed by atoms with E-state index in [9.17, 15) is 14.9 Å². The summed E-state index contributed by atoms with van der Waals surface area (Å²) in [6.07, 6.45) is 0. The molecule has 0 saturated heterocycles. The van der Waals surface area contributed by atoms with Crippen molar-refractivity contribution in [3.63, 3.8) is 0 Å². The fourth-order valence-electron chi connectivity index (χ4n) is 5.07. The Morgan fingerprint density at radius 3 is 2.45 bits per heavy atom. The maximum Gasteiger partial charge on any atom is 0.325 e. The summed E-state index contributed by atoms with van der Waals surface area (Å²) in [6, 6.07) is 12.3. The molecule has 1 unspecified atom stereocenters. The van der Waals surface area contributed by atoms with Crippen LogP contribution in [0.25, 0.3) is 11.3 Å². The highest BCUT2D eigenvalue weighted by atomic mass is 16.5. The van der Waals surface area contributed by atoms with Crippen molar-refractivity contribution in [2.45, 2.75) is 5.41 Å². The van der Waals surface area contributed by atoms with Crippen LogP contribution in [0.5, 0.6) is 23.1 Å². The Morgan fingerprint density at radius 2 is 1.84 bits per heavy atom. The van der Waals surface area contributed by atoms with E-state index in [0.29, 0.717) is 39.8 Å². The number of carbonyl (C=O) groups excluding carboxylic acids is 2. The first-order valence-corrected chi connectivity index (χ1v) is 11.3. The normalized spacial score (nSPS) is 17.4. The van der Waals surface area contributed by atoms with E-state index in [4.69, 9.17) is 29.4 Å². The maximum absolute atomic E-state index is 14.4. The lowest BCUT2D eigenvalue weighted by Crippen LogP contribution is -2.47. The molecule has 1 spiro atoms. The van der Waals surface area contributed by atoms with Crippen LogP contribution in [0.3, 0.4) is 0 Å². The van der Waals surface area contributed by atoms with Crippen molar-refractivity contribution in [1.29, 1.82) is 5.26 Å². The van der Waals surface area contributed by atoms with Crippen molar-refractivity contribution in [2.75, 3.05) is 39.9 Å². The standard InChI is InChI=1S/C26H23N5O7/c1-34-17-9-13(10-18(35-2)22(17)37-4)21-20-24(30-29-21)38-23(28)15(11-27)26(20)14-7-5-6-8-16(14)31(25(26)33)12-19(32)36-3/h5-10H,12,28H2,1-4H3,(H,29,30). The molecule has 1 atom stereocenters. The van der Waals surface area contributed by atoms with Gasteiger partial charge in [-0.2, -0.15) is 5.26 Å². The van der Waals surface area contributed by atoms with Gasteiger partial charge in [0.15, 0.2) is 11.5 Å². The SMILES string of the molecule is COC(=O)CN1C(=O)C2(C(C#N)=C(N)Oc3n[nH]c(-c4cc(OC)c(OC)c(OC)c4)c32)c2ccccc21. The van der Waals surface area contributed by atoms with Gasteiger partial charge in [-0.05, 0) is 18.2 Å². The van der Waals surface area contributed by atoms with Gasteiger partial charge in [-0.3, -0.25) is 19.6 Å². The van der Waals surface area contributed by atoms with E-state index in [0.717, 1.165) is 0 Å². The molecule has 0 bridgehead atoms. The molecule has 12 nitrogen and oxygen atoms in total. The Morgan fingerprint density at radius 1 is 1.16 bits per heavy atom. The summed E-state index contributed by atoms with van der Waals surface area (Å²) in [6.45, 7) is -0.375. The quantitative estimate of drug-likeness (QED) is 0.463. The van der Waals surface area contributed by atoms with Gasteiger partial charge in [0.2, 0.25) is 23.4 Å². The number of amides is 1. The topological polar surface area (TPSA) is 162 Å². The van der Waals surface area contributed by atoms with Crippen LogP contribution < -0.4 is 29.6 Å². The van der Waals surface area contributed by atoms with Gasteiger partial charge in [0.25, 0.3) is 0 Å². The number of methoxy groups -OCH3 is 4. The first-order chi connectivity index (χ1) is 18.4. The third-order valence-electron chi connectivity index (χ3n) is 6.68. The molecule has 0 radical (unpaired) electrons. The lowest BCUT2D eigenvalue weighted by atomic mass is 9.68. The lowest BCUT2D eigenvalue weighted by molar-refractivity contribution is -0.140. The first kappa shape index (κ1) is 24.5. The molecule has 2 aliphatic rings. The summed E-state index contributed by atoms with van der Waals surface area (Å²) in [7, 11) is 5.67. The smallest absolute Gasteiger partial charge is 0.325 e. The molecule has 12 heteroatoms. The Hall–Kier alpha value is -5.18. The number of para-hydroxylation sites is 1. The van der Waals surface area contributed by atoms with Crippen molar-refractivity contribution in [2.24, 2.45) is 5.73 Å². The summed E-state index contributed by atoms with van der Waals surface area (Å²) >= 11 is 0. The Kier molecular flexibility index (Phi) is 5.83. The Balaban J connectivity index is 1.85. The number of hydrogen-bond acceptors (Lipinski definition) is 10. The second kappa shape index (κ2) is 9.04. The Labute approximate surface area is 217 Å². The number of aromatic nitrogens is 2. The molecule has 2 aliphatic heterocycles. The van der Waals surface area contributed by atoms with Gasteiger partial charge < -0.3 is 29.4 Å². The fourth-order valence-corrected chi connectivity index (χ4v) is 5.07. The third kappa shape index (κ3) is 3.18. The summed E-state index contributed by atoms with van der Waals surface area (Å²) in [5.74, 6) is -0.395. The van der Waals surface area contributed by atoms with Gasteiger partial charge >= 0.3 is 5.97 Å². The summed E-state index contributed by atoms with van der Waals surface area (Å²) in [5.41, 5.74) is 6.26. The van der Waals surface area contributed by atoms with E-state index >= 15 is 0 Å². The van der Waals surface area contributed by atoms with Crippen LogP contribution >= 0.6 is 0 Å². The van der Waals surface area contributed by atoms with Crippen molar-refractivity contribution < 1.29 is 33.3 Å². The average Bonchev–Trinajstić information content (AvgIpc) is 3.46. The fraction of sp³-hybridized carbons (Fsp3) is 0.231. The van der Waals surface area contributed by atoms with Gasteiger partial charge in [-0.15, -0.1) is 5.10 Å². The predicted octanol–water partition coefficient (Wildman–Crippen LogP) is 1.99. The lowest BCUT2D eigenvalue weighted by Gasteiger charge is -2.32. The zero-order chi connectivity index (χ0) is 27.2. The number of esters is 1. The van der Waals surface area contributed by atoms with Crippen LogP contribution in [-0.2, 0) is 19.7 Å². The van der Waals surface area contributed by atoms with Gasteiger partial charge in [-0.1, -0.05) is 18.2 Å². The minimum atomic E-state index is -1.76. The van der Waals surface area contributed by atoms with E-state index < -0.39 is 17.3 Å². The first-order valence-electron chi connectivity index (χ1n) is 11.3. The van der Waals surface area contributed by atoms with Crippen molar-refractivity contribution in [3.05, 3.63) is 59.0 Å². The number of fused-ring (bicyclic) bond motifs is 4. The Bertz CT molecular complexity index is 1530. The van der Waals surface area contributed by atoms with Gasteiger partial charge in [0.05, 0.1) is 39.7 Å². The number of ether oxygens (including phenoxy) is 5. The molecule has 3 heterocycles. The molecule has 3 N–H and O–H groups in total. The molecule has 38 heavy (non-hydrogen) atoms. The molecule has 1 amide bonds. The highest BCUT2D eigenvalue weighted by Gasteiger charge is 2.61. The number of nitrogens with zero attached hydrogens (tertiary/aromatic N) is 3. The largest absolute Gasteiger partial charge is 0.493 e. The third-order valence-corrected chi connectivity index (χ3v) is 6.68. The van der Waals surface area contributed by atoms with Crippen LogP contribution in [0.1, 0.15) is 11.1 Å². The molecule has 0 saturated carbocycles. The average molecular weight is 517 g/mol.